The van der Waals surface area contributed by atoms with E-state index in [4.69, 9.17) is 90.3 Å². The van der Waals surface area contributed by atoms with Crippen LogP contribution in [0.3, 0.4) is 0 Å². The van der Waals surface area contributed by atoms with Crippen LogP contribution in [0, 0.1) is 0 Å². The third-order valence-corrected chi connectivity index (χ3v) is 27.3. The average Bonchev–Trinajstić information content (AvgIpc) is 1.60. The maximum absolute atomic E-state index is 6.61. The molecule has 0 radical (unpaired) electrons. The third kappa shape index (κ3) is 18.0. The molecule has 4 aliphatic heterocycles. The maximum atomic E-state index is 6.61. The Kier molecular flexibility index (Phi) is 24.0. The Balaban J connectivity index is 0.000000151. The zero-order chi connectivity index (χ0) is 90.9. The minimum Gasteiger partial charge on any atom is -0.405 e. The number of hydrogen-bond acceptors (Lipinski definition) is 14. The van der Waals surface area contributed by atoms with Crippen LogP contribution in [-0.4, -0.2) is 103 Å². The standard InChI is InChI=1S/C55H51B2N3O4.C43H27Cl2N3.C12H24B2O4/c1-52(2)53(3,4)62-56(61-52)43-33-42(34-44(35-43)57-63-54(5,6)55(7,8)64-57)46-32-31-45(47-21-15-16-22-48(46)47)38-25-29-41(30-26-38)51-59-49(39-19-13-10-14-20-39)58-50(60-51)40-27-23-37(24-28-40)36-17-11-9-12-18-36;44-35-25-34(26-36(45)27-35)38-24-23-37(39-13-7-8-14-40(38)39)30-17-21-33(22-18-30)43-47-41(31-11-5-2-6-12-31)46-42(48-43)32-19-15-29(16-20-32)28-9-3-1-4-10-28;1-9(2)10(3,4)16-13(15-9)14-17-11(5,6)12(7,8)18-14/h9-35H,1-8H3;1-27H;1-8H3. The summed E-state index contributed by atoms with van der Waals surface area (Å²) in [5.41, 5.74) is 17.2. The summed E-state index contributed by atoms with van der Waals surface area (Å²) < 4.78 is 50.3. The molecule has 0 aliphatic carbocycles. The first-order chi connectivity index (χ1) is 62.1. The van der Waals surface area contributed by atoms with E-state index < -0.39 is 50.7 Å². The highest BCUT2D eigenvalue weighted by molar-refractivity contribution is 7.11. The van der Waals surface area contributed by atoms with Gasteiger partial charge in [0, 0.05) is 43.4 Å². The Labute approximate surface area is 774 Å². The van der Waals surface area contributed by atoms with Gasteiger partial charge in [0.2, 0.25) is 0 Å². The molecule has 0 unspecified atom stereocenters. The lowest BCUT2D eigenvalue weighted by molar-refractivity contribution is 0.00578. The zero-order valence-electron chi connectivity index (χ0n) is 76.2. The Hall–Kier alpha value is -11.9. The summed E-state index contributed by atoms with van der Waals surface area (Å²) >= 11 is 12.7. The number of aromatic nitrogens is 6. The van der Waals surface area contributed by atoms with Gasteiger partial charge in [0.25, 0.3) is 0 Å². The van der Waals surface area contributed by atoms with Gasteiger partial charge >= 0.3 is 28.3 Å². The molecule has 14 nitrogen and oxygen atoms in total. The summed E-state index contributed by atoms with van der Waals surface area (Å²) in [7, 11) is -2.06. The van der Waals surface area contributed by atoms with Crippen LogP contribution in [-0.2, 0) is 37.2 Å². The number of fused-ring (bicyclic) bond motifs is 2. The Morgan fingerprint density at radius 2 is 0.377 bits per heavy atom. The number of benzene rings is 14. The second-order valence-corrected chi connectivity index (χ2v) is 38.6. The van der Waals surface area contributed by atoms with Gasteiger partial charge in [0.05, 0.1) is 44.8 Å². The molecule has 0 amide bonds. The van der Waals surface area contributed by atoms with Crippen LogP contribution in [0.2, 0.25) is 10.0 Å². The topological polar surface area (TPSA) is 151 Å². The minimum atomic E-state index is -0.556. The Bertz CT molecular complexity index is 6690. The van der Waals surface area contributed by atoms with Crippen molar-refractivity contribution in [1.29, 1.82) is 0 Å². The van der Waals surface area contributed by atoms with Gasteiger partial charge in [-0.2, -0.15) is 0 Å². The Morgan fingerprint density at radius 3 is 0.638 bits per heavy atom. The summed E-state index contributed by atoms with van der Waals surface area (Å²) in [6.45, 7) is 32.9. The summed E-state index contributed by atoms with van der Waals surface area (Å²) in [5.74, 6) is 3.75. The van der Waals surface area contributed by atoms with Crippen molar-refractivity contribution >= 4 is 83.9 Å². The summed E-state index contributed by atoms with van der Waals surface area (Å²) in [6, 6.07) is 113. The normalized spacial score (nSPS) is 17.0. The molecule has 0 spiro atoms. The van der Waals surface area contributed by atoms with Gasteiger partial charge in [-0.1, -0.05) is 333 Å². The van der Waals surface area contributed by atoms with E-state index >= 15 is 0 Å². The average molecular weight is 1750 g/mol. The van der Waals surface area contributed by atoms with Gasteiger partial charge in [-0.05, 0) is 228 Å². The van der Waals surface area contributed by atoms with E-state index in [2.05, 4.69) is 280 Å². The summed E-state index contributed by atoms with van der Waals surface area (Å²) in [4.78, 5) is 29.8. The smallest absolute Gasteiger partial charge is 0.405 e. The van der Waals surface area contributed by atoms with Crippen molar-refractivity contribution in [2.24, 2.45) is 0 Å². The van der Waals surface area contributed by atoms with Crippen LogP contribution in [0.5, 0.6) is 0 Å². The fourth-order valence-corrected chi connectivity index (χ4v) is 17.1. The van der Waals surface area contributed by atoms with Crippen molar-refractivity contribution < 1.29 is 37.2 Å². The Morgan fingerprint density at radius 1 is 0.185 bits per heavy atom. The predicted molar refractivity (Wildman–Crippen MR) is 534 cm³/mol. The van der Waals surface area contributed by atoms with Crippen molar-refractivity contribution in [3.05, 3.63) is 338 Å². The lowest BCUT2D eigenvalue weighted by atomic mass is 9.49. The molecule has 4 aliphatic rings. The monoisotopic (exact) mass is 1750 g/mol. The van der Waals surface area contributed by atoms with Crippen molar-refractivity contribution in [3.8, 4) is 135 Å². The van der Waals surface area contributed by atoms with E-state index in [0.29, 0.717) is 45.0 Å². The molecular formula is C110H102B4Cl2N6O8. The molecule has 0 bridgehead atoms. The van der Waals surface area contributed by atoms with Gasteiger partial charge in [0.15, 0.2) is 34.9 Å². The van der Waals surface area contributed by atoms with Crippen LogP contribution < -0.4 is 10.9 Å². The van der Waals surface area contributed by atoms with E-state index in [0.717, 1.165) is 127 Å². The largest absolute Gasteiger partial charge is 0.494 e. The van der Waals surface area contributed by atoms with Crippen LogP contribution in [0.25, 0.3) is 157 Å². The molecule has 0 atom stereocenters. The van der Waals surface area contributed by atoms with Gasteiger partial charge in [0.1, 0.15) is 0 Å². The maximum Gasteiger partial charge on any atom is 0.494 e. The first-order valence-corrected chi connectivity index (χ1v) is 45.1. The van der Waals surface area contributed by atoms with Crippen LogP contribution in [0.1, 0.15) is 111 Å². The van der Waals surface area contributed by atoms with Crippen LogP contribution in [0.4, 0.5) is 0 Å². The molecule has 20 rings (SSSR count). The summed E-state index contributed by atoms with van der Waals surface area (Å²) in [5, 5.41) is 5.77. The van der Waals surface area contributed by atoms with E-state index in [-0.39, 0.29) is 22.4 Å². The molecular weight excluding hydrogens is 1650 g/mol. The molecule has 4 saturated heterocycles. The SMILES string of the molecule is CC1(C)OB(B2OC(C)(C)C(C)(C)O2)OC1(C)C.CC1(C)OB(c2cc(B3OC(C)(C)C(C)(C)O3)cc(-c3ccc(-c4ccc(-c5nc(-c6ccccc6)nc(-c6ccc(-c7ccccc7)cc6)n5)cc4)c4ccccc34)c2)OC1(C)C.Clc1cc(Cl)cc(-c2ccc(-c3ccc(-c4nc(-c5ccccc5)nc(-c5ccc(-c6ccccc6)cc5)n4)cc3)c3ccccc23)c1. The zero-order valence-corrected chi connectivity index (χ0v) is 77.7. The van der Waals surface area contributed by atoms with Crippen LogP contribution >= 0.6 is 23.2 Å². The highest BCUT2D eigenvalue weighted by Crippen LogP contribution is 2.47. The lowest BCUT2D eigenvalue weighted by Gasteiger charge is -2.32. The van der Waals surface area contributed by atoms with E-state index in [1.807, 2.05) is 152 Å². The molecule has 2 aromatic heterocycles. The van der Waals surface area contributed by atoms with Crippen molar-refractivity contribution in [1.82, 2.24) is 29.9 Å². The van der Waals surface area contributed by atoms with Gasteiger partial charge in [-0.25, -0.2) is 29.9 Å². The molecule has 14 aromatic carbocycles. The summed E-state index contributed by atoms with van der Waals surface area (Å²) in [6.07, 6.45) is 0. The quantitative estimate of drug-likeness (QED) is 0.0895. The first kappa shape index (κ1) is 88.8. The van der Waals surface area contributed by atoms with Crippen molar-refractivity contribution in [2.75, 3.05) is 0 Å². The van der Waals surface area contributed by atoms with Crippen LogP contribution in [0.15, 0.2) is 328 Å². The van der Waals surface area contributed by atoms with Crippen molar-refractivity contribution in [2.45, 2.75) is 156 Å². The molecule has 646 valence electrons. The highest BCUT2D eigenvalue weighted by Gasteiger charge is 2.64. The van der Waals surface area contributed by atoms with Crippen molar-refractivity contribution in [3.63, 3.8) is 0 Å². The molecule has 0 N–H and O–H groups in total. The minimum absolute atomic E-state index is 0.360. The van der Waals surface area contributed by atoms with Gasteiger partial charge in [-0.3, -0.25) is 0 Å². The fourth-order valence-electron chi connectivity index (χ4n) is 16.6. The number of nitrogens with zero attached hydrogens (tertiary/aromatic N) is 6. The van der Waals surface area contributed by atoms with E-state index in [9.17, 15) is 0 Å². The number of halogens is 2. The molecule has 4 fully saturated rings. The number of hydrogen-bond donors (Lipinski definition) is 0. The molecule has 0 saturated carbocycles. The van der Waals surface area contributed by atoms with E-state index in [1.54, 1.807) is 6.07 Å². The molecule has 16 aromatic rings. The molecule has 130 heavy (non-hydrogen) atoms. The van der Waals surface area contributed by atoms with Gasteiger partial charge in [-0.15, -0.1) is 0 Å². The van der Waals surface area contributed by atoms with Gasteiger partial charge < -0.3 is 37.2 Å². The van der Waals surface area contributed by atoms with E-state index in [1.165, 1.54) is 5.56 Å². The first-order valence-electron chi connectivity index (χ1n) is 44.4. The lowest BCUT2D eigenvalue weighted by Crippen LogP contribution is -2.41. The second kappa shape index (κ2) is 35.1. The number of rotatable bonds is 15. The molecule has 20 heteroatoms. The fraction of sp³-hybridized carbons (Fsp3) is 0.218. The third-order valence-electron chi connectivity index (χ3n) is 26.9. The molecule has 6 heterocycles. The highest BCUT2D eigenvalue weighted by atomic mass is 35.5. The second-order valence-electron chi connectivity index (χ2n) is 37.8. The predicted octanol–water partition coefficient (Wildman–Crippen LogP) is 26.2.